The Bertz CT molecular complexity index is 992. The summed E-state index contributed by atoms with van der Waals surface area (Å²) >= 11 is 6.57. The van der Waals surface area contributed by atoms with Gasteiger partial charge in [-0.25, -0.2) is 0 Å². The van der Waals surface area contributed by atoms with Gasteiger partial charge in [0.05, 0.1) is 25.2 Å². The van der Waals surface area contributed by atoms with E-state index in [1.165, 1.54) is 11.8 Å². The van der Waals surface area contributed by atoms with Gasteiger partial charge in [-0.3, -0.25) is 9.69 Å². The van der Waals surface area contributed by atoms with E-state index in [9.17, 15) is 4.79 Å². The summed E-state index contributed by atoms with van der Waals surface area (Å²) in [5, 5.41) is 0. The zero-order chi connectivity index (χ0) is 22.9. The van der Waals surface area contributed by atoms with Gasteiger partial charge < -0.3 is 18.9 Å². The van der Waals surface area contributed by atoms with Crippen LogP contribution in [0.4, 0.5) is 0 Å². The van der Waals surface area contributed by atoms with E-state index < -0.39 is 0 Å². The van der Waals surface area contributed by atoms with Crippen LogP contribution in [0.3, 0.4) is 0 Å². The molecule has 0 atom stereocenters. The van der Waals surface area contributed by atoms with Crippen LogP contribution in [0, 0.1) is 6.92 Å². The number of carbonyl (C=O) groups excluding carboxylic acids is 1. The first-order chi connectivity index (χ1) is 15.5. The van der Waals surface area contributed by atoms with Crippen LogP contribution >= 0.6 is 24.0 Å². The zero-order valence-corrected chi connectivity index (χ0v) is 20.1. The quantitative estimate of drug-likeness (QED) is 0.266. The van der Waals surface area contributed by atoms with E-state index in [2.05, 4.69) is 0 Å². The molecule has 170 valence electrons. The second kappa shape index (κ2) is 11.9. The first-order valence-corrected chi connectivity index (χ1v) is 11.6. The summed E-state index contributed by atoms with van der Waals surface area (Å²) in [6.07, 6.45) is 1.82. The molecule has 32 heavy (non-hydrogen) atoms. The number of carbonyl (C=O) groups is 1. The van der Waals surface area contributed by atoms with E-state index >= 15 is 0 Å². The average molecular weight is 474 g/mol. The molecule has 0 spiro atoms. The molecule has 8 heteroatoms. The van der Waals surface area contributed by atoms with E-state index in [-0.39, 0.29) is 5.91 Å². The fourth-order valence-corrected chi connectivity index (χ4v) is 4.44. The fourth-order valence-electron chi connectivity index (χ4n) is 3.06. The van der Waals surface area contributed by atoms with Gasteiger partial charge >= 0.3 is 0 Å². The van der Waals surface area contributed by atoms with Gasteiger partial charge in [-0.2, -0.15) is 0 Å². The average Bonchev–Trinajstić information content (AvgIpc) is 3.06. The molecule has 0 unspecified atom stereocenters. The second-order valence-electron chi connectivity index (χ2n) is 6.91. The highest BCUT2D eigenvalue weighted by molar-refractivity contribution is 8.26. The molecule has 3 rings (SSSR count). The predicted molar refractivity (Wildman–Crippen MR) is 132 cm³/mol. The van der Waals surface area contributed by atoms with Crippen molar-refractivity contribution in [3.05, 3.63) is 58.5 Å². The number of aryl methyl sites for hydroxylation is 1. The Morgan fingerprint density at radius 1 is 1.00 bits per heavy atom. The molecule has 0 radical (unpaired) electrons. The molecule has 1 saturated heterocycles. The van der Waals surface area contributed by atoms with Crippen molar-refractivity contribution in [1.82, 2.24) is 4.90 Å². The third-order valence-corrected chi connectivity index (χ3v) is 6.12. The largest absolute Gasteiger partial charge is 0.493 e. The number of thioether (sulfide) groups is 1. The second-order valence-corrected chi connectivity index (χ2v) is 8.59. The summed E-state index contributed by atoms with van der Waals surface area (Å²) in [6, 6.07) is 13.4. The first-order valence-electron chi connectivity index (χ1n) is 10.4. The van der Waals surface area contributed by atoms with Gasteiger partial charge in [-0.1, -0.05) is 48.2 Å². The standard InChI is InChI=1S/C24H27NO5S2/c1-4-25-23(26)22(32-24(25)31)16-18-9-10-20(21(15-18)27-3)30-14-12-28-11-13-29-19-8-6-5-7-17(19)2/h5-10,15-16H,4,11-14H2,1-3H3/b22-16-. The third kappa shape index (κ3) is 6.25. The van der Waals surface area contributed by atoms with Crippen LogP contribution in [0.5, 0.6) is 17.2 Å². The van der Waals surface area contributed by atoms with Crippen molar-refractivity contribution in [3.63, 3.8) is 0 Å². The van der Waals surface area contributed by atoms with Gasteiger partial charge in [0.1, 0.15) is 23.3 Å². The minimum Gasteiger partial charge on any atom is -0.493 e. The molecule has 2 aromatic rings. The summed E-state index contributed by atoms with van der Waals surface area (Å²) in [4.78, 5) is 14.6. The van der Waals surface area contributed by atoms with E-state index in [1.807, 2.05) is 62.4 Å². The molecule has 1 fully saturated rings. The topological polar surface area (TPSA) is 57.2 Å². The molecule has 0 bridgehead atoms. The number of ether oxygens (including phenoxy) is 4. The predicted octanol–water partition coefficient (Wildman–Crippen LogP) is 4.70. The van der Waals surface area contributed by atoms with Crippen molar-refractivity contribution in [2.24, 2.45) is 0 Å². The molecule has 1 amide bonds. The molecule has 0 aromatic heterocycles. The Balaban J connectivity index is 1.46. The van der Waals surface area contributed by atoms with Gasteiger partial charge in [0, 0.05) is 6.54 Å². The van der Waals surface area contributed by atoms with Gasteiger partial charge in [0.25, 0.3) is 5.91 Å². The monoisotopic (exact) mass is 473 g/mol. The minimum atomic E-state index is -0.0645. The fraction of sp³-hybridized carbons (Fsp3) is 0.333. The van der Waals surface area contributed by atoms with E-state index in [1.54, 1.807) is 12.0 Å². The number of rotatable bonds is 11. The Kier molecular flexibility index (Phi) is 8.96. The first kappa shape index (κ1) is 24.1. The summed E-state index contributed by atoms with van der Waals surface area (Å²) in [5.41, 5.74) is 1.94. The van der Waals surface area contributed by atoms with Crippen LogP contribution in [0.2, 0.25) is 0 Å². The lowest BCUT2D eigenvalue weighted by molar-refractivity contribution is -0.121. The molecule has 1 aliphatic rings. The van der Waals surface area contributed by atoms with Crippen molar-refractivity contribution in [2.45, 2.75) is 13.8 Å². The van der Waals surface area contributed by atoms with Crippen LogP contribution < -0.4 is 14.2 Å². The third-order valence-electron chi connectivity index (χ3n) is 4.74. The molecule has 1 aliphatic heterocycles. The highest BCUT2D eigenvalue weighted by Gasteiger charge is 2.30. The van der Waals surface area contributed by atoms with Crippen molar-refractivity contribution < 1.29 is 23.7 Å². The molecule has 1 heterocycles. The lowest BCUT2D eigenvalue weighted by atomic mass is 10.2. The molecule has 0 saturated carbocycles. The Morgan fingerprint density at radius 2 is 1.72 bits per heavy atom. The minimum absolute atomic E-state index is 0.0645. The van der Waals surface area contributed by atoms with Crippen LogP contribution in [0.1, 0.15) is 18.1 Å². The highest BCUT2D eigenvalue weighted by atomic mass is 32.2. The van der Waals surface area contributed by atoms with Crippen LogP contribution in [-0.4, -0.2) is 55.2 Å². The van der Waals surface area contributed by atoms with E-state index in [0.29, 0.717) is 53.7 Å². The number of thiocarbonyl (C=S) groups is 1. The molecular weight excluding hydrogens is 446 g/mol. The number of nitrogens with zero attached hydrogens (tertiary/aromatic N) is 1. The summed E-state index contributed by atoms with van der Waals surface area (Å²) < 4.78 is 23.1. The van der Waals surface area contributed by atoms with Crippen LogP contribution in [0.25, 0.3) is 6.08 Å². The van der Waals surface area contributed by atoms with Gasteiger partial charge in [0.2, 0.25) is 0 Å². The van der Waals surface area contributed by atoms with Crippen molar-refractivity contribution in [1.29, 1.82) is 0 Å². The number of hydrogen-bond acceptors (Lipinski definition) is 7. The lowest BCUT2D eigenvalue weighted by Gasteiger charge is -2.12. The van der Waals surface area contributed by atoms with Gasteiger partial charge in [-0.15, -0.1) is 0 Å². The van der Waals surface area contributed by atoms with Crippen LogP contribution in [0.15, 0.2) is 47.4 Å². The zero-order valence-electron chi connectivity index (χ0n) is 18.5. The number of likely N-dealkylation sites (N-methyl/N-ethyl adjacent to an activating group) is 1. The number of amides is 1. The van der Waals surface area contributed by atoms with Gasteiger partial charge in [0.15, 0.2) is 11.5 Å². The normalized spacial score (nSPS) is 14.8. The summed E-state index contributed by atoms with van der Waals surface area (Å²) in [5.74, 6) is 2.01. The molecule has 0 aliphatic carbocycles. The van der Waals surface area contributed by atoms with Crippen molar-refractivity contribution in [2.75, 3.05) is 40.1 Å². The number of benzene rings is 2. The van der Waals surface area contributed by atoms with E-state index in [4.69, 9.17) is 31.2 Å². The van der Waals surface area contributed by atoms with Crippen LogP contribution in [-0.2, 0) is 9.53 Å². The number of para-hydroxylation sites is 1. The van der Waals surface area contributed by atoms with Crippen molar-refractivity contribution in [3.8, 4) is 17.2 Å². The van der Waals surface area contributed by atoms with Gasteiger partial charge in [-0.05, 0) is 49.2 Å². The SMILES string of the molecule is CCN1C(=O)/C(=C/c2ccc(OCCOCCOc3ccccc3C)c(OC)c2)SC1=S. The maximum absolute atomic E-state index is 12.4. The van der Waals surface area contributed by atoms with Crippen molar-refractivity contribution >= 4 is 40.3 Å². The maximum atomic E-state index is 12.4. The summed E-state index contributed by atoms with van der Waals surface area (Å²) in [6.45, 7) is 6.26. The Morgan fingerprint density at radius 3 is 2.38 bits per heavy atom. The van der Waals surface area contributed by atoms with E-state index in [0.717, 1.165) is 16.9 Å². The lowest BCUT2D eigenvalue weighted by Crippen LogP contribution is -2.27. The molecule has 6 nitrogen and oxygen atoms in total. The smallest absolute Gasteiger partial charge is 0.266 e. The Labute approximate surface area is 198 Å². The molecular formula is C24H27NO5S2. The molecule has 0 N–H and O–H groups in total. The highest BCUT2D eigenvalue weighted by Crippen LogP contribution is 2.34. The summed E-state index contributed by atoms with van der Waals surface area (Å²) in [7, 11) is 1.59. The number of methoxy groups -OCH3 is 1. The Hall–Kier alpha value is -2.55. The molecule has 2 aromatic carbocycles. The maximum Gasteiger partial charge on any atom is 0.266 e. The number of hydrogen-bond donors (Lipinski definition) is 0.